The Hall–Kier alpha value is -3.03. The fraction of sp³-hybridized carbons (Fsp3) is 0.174. The number of barbiturate groups is 1. The number of terminal acetylenes is 1. The molecule has 0 atom stereocenters. The molecule has 0 spiro atoms. The van der Waals surface area contributed by atoms with Crippen LogP contribution in [0.4, 0.5) is 10.5 Å². The van der Waals surface area contributed by atoms with E-state index in [1.165, 1.54) is 6.08 Å². The van der Waals surface area contributed by atoms with Crippen LogP contribution in [0.25, 0.3) is 6.08 Å². The summed E-state index contributed by atoms with van der Waals surface area (Å²) in [6.45, 7) is 3.94. The normalized spacial score (nSPS) is 14.9. The van der Waals surface area contributed by atoms with Gasteiger partial charge in [-0.2, -0.15) is 0 Å². The number of amides is 4. The first-order valence-corrected chi connectivity index (χ1v) is 10.9. The molecule has 32 heavy (non-hydrogen) atoms. The number of nitrogens with one attached hydrogen (secondary N) is 1. The number of imide groups is 2. The molecule has 0 bridgehead atoms. The second-order valence-electron chi connectivity index (χ2n) is 6.60. The lowest BCUT2D eigenvalue weighted by Gasteiger charge is -2.27. The third-order valence-corrected chi connectivity index (χ3v) is 5.73. The second kappa shape index (κ2) is 10.1. The van der Waals surface area contributed by atoms with Crippen molar-refractivity contribution < 1.29 is 23.9 Å². The molecule has 1 fully saturated rings. The average Bonchev–Trinajstić information content (AvgIpc) is 2.73. The Balaban J connectivity index is 2.06. The van der Waals surface area contributed by atoms with E-state index in [1.54, 1.807) is 37.3 Å². The minimum atomic E-state index is -0.842. The molecule has 1 heterocycles. The van der Waals surface area contributed by atoms with Crippen LogP contribution in [0.5, 0.6) is 11.5 Å². The van der Waals surface area contributed by atoms with Gasteiger partial charge in [0, 0.05) is 5.02 Å². The van der Waals surface area contributed by atoms with Gasteiger partial charge in [0.2, 0.25) is 0 Å². The van der Waals surface area contributed by atoms with Gasteiger partial charge in [-0.25, -0.2) is 9.69 Å². The van der Waals surface area contributed by atoms with Crippen LogP contribution in [0.1, 0.15) is 18.1 Å². The van der Waals surface area contributed by atoms with Crippen molar-refractivity contribution in [2.75, 3.05) is 18.1 Å². The summed E-state index contributed by atoms with van der Waals surface area (Å²) in [5.74, 6) is 1.74. The molecule has 3 rings (SSSR count). The predicted molar refractivity (Wildman–Crippen MR) is 130 cm³/mol. The predicted octanol–water partition coefficient (Wildman–Crippen LogP) is 4.33. The zero-order valence-electron chi connectivity index (χ0n) is 17.2. The fourth-order valence-corrected chi connectivity index (χ4v) is 4.02. The van der Waals surface area contributed by atoms with E-state index < -0.39 is 17.8 Å². The summed E-state index contributed by atoms with van der Waals surface area (Å²) in [7, 11) is 0. The molecule has 2 aromatic carbocycles. The van der Waals surface area contributed by atoms with Gasteiger partial charge in [-0.3, -0.25) is 14.9 Å². The van der Waals surface area contributed by atoms with E-state index >= 15 is 0 Å². The van der Waals surface area contributed by atoms with E-state index in [-0.39, 0.29) is 12.2 Å². The number of benzene rings is 2. The fourth-order valence-electron chi connectivity index (χ4n) is 3.07. The molecule has 1 N–H and O–H groups in total. The summed E-state index contributed by atoms with van der Waals surface area (Å²) in [6.07, 6.45) is 6.67. The topological polar surface area (TPSA) is 84.9 Å². The highest BCUT2D eigenvalue weighted by Gasteiger charge is 2.37. The number of hydrogen-bond donors (Lipinski definition) is 1. The number of ether oxygens (including phenoxy) is 2. The van der Waals surface area contributed by atoms with Crippen molar-refractivity contribution >= 4 is 63.8 Å². The van der Waals surface area contributed by atoms with Gasteiger partial charge in [0.05, 0.1) is 15.9 Å². The molecule has 0 saturated carbocycles. The largest absolute Gasteiger partial charge is 0.490 e. The summed E-state index contributed by atoms with van der Waals surface area (Å²) >= 11 is 8.20. The second-order valence-corrected chi connectivity index (χ2v) is 8.17. The van der Waals surface area contributed by atoms with E-state index in [4.69, 9.17) is 27.5 Å². The van der Waals surface area contributed by atoms with Gasteiger partial charge in [0.25, 0.3) is 11.8 Å². The Morgan fingerprint density at radius 3 is 2.69 bits per heavy atom. The van der Waals surface area contributed by atoms with Crippen LogP contribution in [0, 0.1) is 22.8 Å². The molecule has 1 aliphatic rings. The van der Waals surface area contributed by atoms with Crippen LogP contribution < -0.4 is 19.7 Å². The summed E-state index contributed by atoms with van der Waals surface area (Å²) in [4.78, 5) is 39.0. The van der Waals surface area contributed by atoms with E-state index in [2.05, 4.69) is 33.8 Å². The number of anilines is 1. The molecular formula is C23H18ClIN2O5. The first-order valence-electron chi connectivity index (χ1n) is 9.47. The van der Waals surface area contributed by atoms with Crippen LogP contribution in [0.3, 0.4) is 0 Å². The highest BCUT2D eigenvalue weighted by Crippen LogP contribution is 2.35. The molecule has 1 aliphatic heterocycles. The molecule has 9 heteroatoms. The lowest BCUT2D eigenvalue weighted by Crippen LogP contribution is -2.54. The molecule has 7 nitrogen and oxygen atoms in total. The van der Waals surface area contributed by atoms with Crippen LogP contribution in [0.2, 0.25) is 5.02 Å². The maximum absolute atomic E-state index is 13.2. The summed E-state index contributed by atoms with van der Waals surface area (Å²) in [5.41, 5.74) is 1.14. The van der Waals surface area contributed by atoms with Crippen molar-refractivity contribution in [3.05, 3.63) is 55.6 Å². The number of hydrogen-bond acceptors (Lipinski definition) is 5. The van der Waals surface area contributed by atoms with E-state index in [9.17, 15) is 14.4 Å². The zero-order chi connectivity index (χ0) is 23.4. The van der Waals surface area contributed by atoms with Gasteiger partial charge in [0.1, 0.15) is 12.2 Å². The number of carbonyl (C=O) groups excluding carboxylic acids is 3. The maximum Gasteiger partial charge on any atom is 0.335 e. The van der Waals surface area contributed by atoms with Crippen molar-refractivity contribution in [1.82, 2.24) is 5.32 Å². The highest BCUT2D eigenvalue weighted by molar-refractivity contribution is 14.1. The van der Waals surface area contributed by atoms with Crippen molar-refractivity contribution in [1.29, 1.82) is 0 Å². The molecule has 0 unspecified atom stereocenters. The number of rotatable bonds is 6. The minimum Gasteiger partial charge on any atom is -0.490 e. The number of urea groups is 1. The molecular weight excluding hydrogens is 547 g/mol. The molecule has 1 saturated heterocycles. The monoisotopic (exact) mass is 564 g/mol. The first kappa shape index (κ1) is 23.6. The molecule has 0 aromatic heterocycles. The van der Waals surface area contributed by atoms with Crippen LogP contribution >= 0.6 is 34.2 Å². The molecule has 0 aliphatic carbocycles. The standard InChI is InChI=1S/C23H18ClIN2O5/c1-4-9-32-20-17(25)11-14(12-19(20)31-5-2)10-15-21(28)26-23(30)27(22(15)29)18-8-6-7-16(24)13(18)3/h1,6-8,10-12H,5,9H2,2-3H3,(H,26,28,30)/b15-10+. The Bertz CT molecular complexity index is 1190. The zero-order valence-corrected chi connectivity index (χ0v) is 20.1. The Morgan fingerprint density at radius 2 is 2.00 bits per heavy atom. The lowest BCUT2D eigenvalue weighted by atomic mass is 10.1. The number of nitrogens with zero attached hydrogens (tertiary/aromatic N) is 1. The van der Waals surface area contributed by atoms with Gasteiger partial charge in [-0.15, -0.1) is 6.42 Å². The van der Waals surface area contributed by atoms with E-state index in [1.807, 2.05) is 6.92 Å². The lowest BCUT2D eigenvalue weighted by molar-refractivity contribution is -0.122. The van der Waals surface area contributed by atoms with Crippen LogP contribution in [-0.2, 0) is 9.59 Å². The Morgan fingerprint density at radius 1 is 1.25 bits per heavy atom. The van der Waals surface area contributed by atoms with E-state index in [0.717, 1.165) is 4.90 Å². The summed E-state index contributed by atoms with van der Waals surface area (Å²) in [5, 5.41) is 2.60. The molecule has 4 amide bonds. The molecule has 164 valence electrons. The third-order valence-electron chi connectivity index (χ3n) is 4.52. The van der Waals surface area contributed by atoms with Gasteiger partial charge < -0.3 is 9.47 Å². The summed E-state index contributed by atoms with van der Waals surface area (Å²) in [6, 6.07) is 7.36. The van der Waals surface area contributed by atoms with Gasteiger partial charge >= 0.3 is 6.03 Å². The quantitative estimate of drug-likeness (QED) is 0.244. The first-order chi connectivity index (χ1) is 15.3. The highest BCUT2D eigenvalue weighted by atomic mass is 127. The van der Waals surface area contributed by atoms with Crippen LogP contribution in [0.15, 0.2) is 35.9 Å². The van der Waals surface area contributed by atoms with Gasteiger partial charge in [0.15, 0.2) is 11.5 Å². The Labute approximate surface area is 203 Å². The van der Waals surface area contributed by atoms with Gasteiger partial charge in [-0.1, -0.05) is 23.6 Å². The van der Waals surface area contributed by atoms with Crippen molar-refractivity contribution in [3.8, 4) is 23.8 Å². The Kier molecular flexibility index (Phi) is 7.43. The summed E-state index contributed by atoms with van der Waals surface area (Å²) < 4.78 is 11.9. The number of carbonyl (C=O) groups is 3. The van der Waals surface area contributed by atoms with Gasteiger partial charge in [-0.05, 0) is 77.9 Å². The SMILES string of the molecule is C#CCOc1c(I)cc(/C=C2\C(=O)NC(=O)N(c3cccc(Cl)c3C)C2=O)cc1OCC. The third kappa shape index (κ3) is 4.74. The molecule has 2 aromatic rings. The van der Waals surface area contributed by atoms with Crippen molar-refractivity contribution in [3.63, 3.8) is 0 Å². The molecule has 0 radical (unpaired) electrons. The minimum absolute atomic E-state index is 0.0630. The van der Waals surface area contributed by atoms with Crippen molar-refractivity contribution in [2.24, 2.45) is 0 Å². The van der Waals surface area contributed by atoms with E-state index in [0.29, 0.717) is 43.5 Å². The van der Waals surface area contributed by atoms with Crippen molar-refractivity contribution in [2.45, 2.75) is 13.8 Å². The smallest absolute Gasteiger partial charge is 0.335 e. The van der Waals surface area contributed by atoms with Crippen LogP contribution in [-0.4, -0.2) is 31.1 Å². The average molecular weight is 565 g/mol. The maximum atomic E-state index is 13.2. The number of halogens is 2.